The minimum absolute atomic E-state index is 0.0597. The Morgan fingerprint density at radius 1 is 1.53 bits per heavy atom. The van der Waals surface area contributed by atoms with E-state index in [1.807, 2.05) is 0 Å². The summed E-state index contributed by atoms with van der Waals surface area (Å²) in [7, 11) is 0. The summed E-state index contributed by atoms with van der Waals surface area (Å²) in [5, 5.41) is 0. The molecule has 0 aromatic heterocycles. The number of hydrogen-bond donors (Lipinski definition) is 1. The van der Waals surface area contributed by atoms with E-state index < -0.39 is 6.61 Å². The molecule has 2 N–H and O–H groups in total. The average molecular weight is 280 g/mol. The second-order valence-electron chi connectivity index (χ2n) is 2.81. The quantitative estimate of drug-likeness (QED) is 0.684. The molecule has 0 heterocycles. The third-order valence-electron chi connectivity index (χ3n) is 1.64. The van der Waals surface area contributed by atoms with Crippen LogP contribution in [0.5, 0.6) is 5.75 Å². The normalized spacial score (nSPS) is 10.5. The van der Waals surface area contributed by atoms with Crippen LogP contribution in [0, 0.1) is 0 Å². The van der Waals surface area contributed by atoms with Gasteiger partial charge < -0.3 is 10.5 Å². The van der Waals surface area contributed by atoms with Gasteiger partial charge in [-0.05, 0) is 28.9 Å². The Labute approximate surface area is 93.3 Å². The van der Waals surface area contributed by atoms with Gasteiger partial charge in [-0.3, -0.25) is 4.79 Å². The van der Waals surface area contributed by atoms with Crippen molar-refractivity contribution in [3.05, 3.63) is 22.2 Å². The van der Waals surface area contributed by atoms with Gasteiger partial charge in [0.25, 0.3) is 0 Å². The molecule has 0 aliphatic heterocycles. The van der Waals surface area contributed by atoms with Gasteiger partial charge in [0.1, 0.15) is 5.75 Å². The van der Waals surface area contributed by atoms with E-state index in [0.717, 1.165) is 0 Å². The maximum absolute atomic E-state index is 12.0. The predicted octanol–water partition coefficient (Wildman–Crippen LogP) is 2.84. The number of ether oxygens (including phenoxy) is 1. The molecule has 0 saturated carbocycles. The van der Waals surface area contributed by atoms with Crippen molar-refractivity contribution >= 4 is 27.4 Å². The summed E-state index contributed by atoms with van der Waals surface area (Å²) in [6, 6.07) is 2.64. The molecular formula is C9H8BrF2NO2. The number of alkyl halides is 2. The Hall–Kier alpha value is -1.17. The summed E-state index contributed by atoms with van der Waals surface area (Å²) in [4.78, 5) is 11.2. The first-order valence-corrected chi connectivity index (χ1v) is 4.76. The number of ketones is 1. The Bertz CT molecular complexity index is 396. The fourth-order valence-electron chi connectivity index (χ4n) is 1.13. The van der Waals surface area contributed by atoms with Gasteiger partial charge in [-0.2, -0.15) is 8.78 Å². The molecule has 0 aliphatic rings. The highest BCUT2D eigenvalue weighted by atomic mass is 79.9. The van der Waals surface area contributed by atoms with E-state index in [-0.39, 0.29) is 22.8 Å². The Kier molecular flexibility index (Phi) is 3.62. The van der Waals surface area contributed by atoms with Crippen LogP contribution >= 0.6 is 15.9 Å². The van der Waals surface area contributed by atoms with Crippen LogP contribution in [0.15, 0.2) is 16.6 Å². The van der Waals surface area contributed by atoms with E-state index in [9.17, 15) is 13.6 Å². The number of carbonyl (C=O) groups excluding carboxylic acids is 1. The number of nitrogens with two attached hydrogens (primary N) is 1. The number of hydrogen-bond acceptors (Lipinski definition) is 3. The van der Waals surface area contributed by atoms with Crippen LogP contribution < -0.4 is 10.5 Å². The summed E-state index contributed by atoms with van der Waals surface area (Å²) in [5.74, 6) is -0.595. The van der Waals surface area contributed by atoms with Gasteiger partial charge in [-0.15, -0.1) is 0 Å². The van der Waals surface area contributed by atoms with Gasteiger partial charge in [0.15, 0.2) is 5.78 Å². The van der Waals surface area contributed by atoms with Crippen LogP contribution in [-0.4, -0.2) is 12.4 Å². The fourth-order valence-corrected chi connectivity index (χ4v) is 1.87. The van der Waals surface area contributed by atoms with E-state index >= 15 is 0 Å². The van der Waals surface area contributed by atoms with Crippen LogP contribution in [0.3, 0.4) is 0 Å². The van der Waals surface area contributed by atoms with Crippen LogP contribution in [0.1, 0.15) is 17.3 Å². The molecule has 6 heteroatoms. The highest BCUT2D eigenvalue weighted by Crippen LogP contribution is 2.31. The number of carbonyl (C=O) groups is 1. The highest BCUT2D eigenvalue weighted by molar-refractivity contribution is 9.10. The molecule has 1 rings (SSSR count). The SMILES string of the molecule is CC(=O)c1c(Br)cc(N)cc1OC(F)F. The zero-order valence-electron chi connectivity index (χ0n) is 7.76. The summed E-state index contributed by atoms with van der Waals surface area (Å²) < 4.78 is 28.6. The van der Waals surface area contributed by atoms with Crippen molar-refractivity contribution in [1.29, 1.82) is 0 Å². The standard InChI is InChI=1S/C9H8BrF2NO2/c1-4(14)8-6(10)2-5(13)3-7(8)15-9(11)12/h2-3,9H,13H2,1H3. The zero-order valence-corrected chi connectivity index (χ0v) is 9.35. The molecule has 0 radical (unpaired) electrons. The van der Waals surface area contributed by atoms with Crippen LogP contribution in [0.4, 0.5) is 14.5 Å². The number of nitrogen functional groups attached to an aromatic ring is 1. The molecule has 0 fully saturated rings. The average Bonchev–Trinajstić information content (AvgIpc) is 1.99. The van der Waals surface area contributed by atoms with Crippen molar-refractivity contribution in [3.63, 3.8) is 0 Å². The van der Waals surface area contributed by atoms with Crippen molar-refractivity contribution in [2.75, 3.05) is 5.73 Å². The molecule has 0 bridgehead atoms. The van der Waals surface area contributed by atoms with Crippen molar-refractivity contribution in [1.82, 2.24) is 0 Å². The number of anilines is 1. The Morgan fingerprint density at radius 3 is 2.60 bits per heavy atom. The lowest BCUT2D eigenvalue weighted by Crippen LogP contribution is -2.07. The Morgan fingerprint density at radius 2 is 2.13 bits per heavy atom. The Balaban J connectivity index is 3.27. The molecule has 0 unspecified atom stereocenters. The number of Topliss-reactive ketones (excluding diaryl/α,β-unsaturated/α-hetero) is 1. The molecule has 0 spiro atoms. The predicted molar refractivity (Wildman–Crippen MR) is 55.2 cm³/mol. The number of halogens is 3. The van der Waals surface area contributed by atoms with Gasteiger partial charge in [0, 0.05) is 16.2 Å². The van der Waals surface area contributed by atoms with E-state index in [1.54, 1.807) is 0 Å². The topological polar surface area (TPSA) is 52.3 Å². The van der Waals surface area contributed by atoms with E-state index in [0.29, 0.717) is 4.47 Å². The summed E-state index contributed by atoms with van der Waals surface area (Å²) >= 11 is 3.06. The molecule has 0 aliphatic carbocycles. The lowest BCUT2D eigenvalue weighted by molar-refractivity contribution is -0.0501. The summed E-state index contributed by atoms with van der Waals surface area (Å²) in [6.07, 6.45) is 0. The molecule has 1 aromatic carbocycles. The first-order valence-electron chi connectivity index (χ1n) is 3.96. The van der Waals surface area contributed by atoms with Gasteiger partial charge >= 0.3 is 6.61 Å². The van der Waals surface area contributed by atoms with Crippen molar-refractivity contribution in [2.45, 2.75) is 13.5 Å². The molecule has 3 nitrogen and oxygen atoms in total. The summed E-state index contributed by atoms with van der Waals surface area (Å²) in [5.41, 5.74) is 5.74. The largest absolute Gasteiger partial charge is 0.434 e. The molecule has 1 aromatic rings. The van der Waals surface area contributed by atoms with Crippen molar-refractivity contribution in [2.24, 2.45) is 0 Å². The van der Waals surface area contributed by atoms with Gasteiger partial charge in [0.2, 0.25) is 0 Å². The lowest BCUT2D eigenvalue weighted by Gasteiger charge is -2.11. The maximum Gasteiger partial charge on any atom is 0.387 e. The minimum atomic E-state index is -2.99. The van der Waals surface area contributed by atoms with Gasteiger partial charge in [0.05, 0.1) is 5.56 Å². The smallest absolute Gasteiger partial charge is 0.387 e. The third-order valence-corrected chi connectivity index (χ3v) is 2.27. The van der Waals surface area contributed by atoms with Crippen molar-refractivity contribution in [3.8, 4) is 5.75 Å². The van der Waals surface area contributed by atoms with E-state index in [1.165, 1.54) is 19.1 Å². The van der Waals surface area contributed by atoms with Crippen molar-refractivity contribution < 1.29 is 18.3 Å². The molecule has 0 saturated heterocycles. The first kappa shape index (κ1) is 11.9. The number of rotatable bonds is 3. The van der Waals surface area contributed by atoms with Gasteiger partial charge in [-0.1, -0.05) is 0 Å². The summed E-state index contributed by atoms with van der Waals surface area (Å²) in [6.45, 7) is -1.73. The highest BCUT2D eigenvalue weighted by Gasteiger charge is 2.16. The zero-order chi connectivity index (χ0) is 11.6. The second kappa shape index (κ2) is 4.57. The lowest BCUT2D eigenvalue weighted by atomic mass is 10.1. The van der Waals surface area contributed by atoms with Crippen LogP contribution in [-0.2, 0) is 0 Å². The van der Waals surface area contributed by atoms with Crippen LogP contribution in [0.25, 0.3) is 0 Å². The minimum Gasteiger partial charge on any atom is -0.434 e. The van der Waals surface area contributed by atoms with E-state index in [2.05, 4.69) is 20.7 Å². The monoisotopic (exact) mass is 279 g/mol. The first-order chi connectivity index (χ1) is 6.91. The molecule has 0 atom stereocenters. The van der Waals surface area contributed by atoms with Crippen LogP contribution in [0.2, 0.25) is 0 Å². The molecule has 82 valence electrons. The molecule has 15 heavy (non-hydrogen) atoms. The molecular weight excluding hydrogens is 272 g/mol. The maximum atomic E-state index is 12.0. The molecule has 0 amide bonds. The number of benzene rings is 1. The van der Waals surface area contributed by atoms with Gasteiger partial charge in [-0.25, -0.2) is 0 Å². The third kappa shape index (κ3) is 2.89. The van der Waals surface area contributed by atoms with E-state index in [4.69, 9.17) is 5.73 Å². The second-order valence-corrected chi connectivity index (χ2v) is 3.66. The fraction of sp³-hybridized carbons (Fsp3) is 0.222.